The van der Waals surface area contributed by atoms with Crippen molar-refractivity contribution in [3.05, 3.63) is 60.2 Å². The van der Waals surface area contributed by atoms with E-state index in [1.165, 1.54) is 0 Å². The molecule has 0 fully saturated rings. The summed E-state index contributed by atoms with van der Waals surface area (Å²) in [6.07, 6.45) is 1.78. The molecule has 0 radical (unpaired) electrons. The normalized spacial score (nSPS) is 11.2. The maximum Gasteiger partial charge on any atom is 0.192 e. The number of aromatic nitrogens is 3. The van der Waals surface area contributed by atoms with Crippen molar-refractivity contribution in [2.45, 2.75) is 20.0 Å². The first kappa shape index (κ1) is 19.2. The Morgan fingerprint density at radius 1 is 1.12 bits per heavy atom. The molecule has 0 aliphatic rings. The Bertz CT molecular complexity index is 828. The van der Waals surface area contributed by atoms with Crippen LogP contribution < -0.4 is 10.6 Å². The summed E-state index contributed by atoms with van der Waals surface area (Å²) in [5, 5.41) is 6.59. The Labute approximate surface area is 164 Å². The minimum absolute atomic E-state index is 0. The van der Waals surface area contributed by atoms with E-state index in [1.807, 2.05) is 50.4 Å². The molecule has 0 aliphatic heterocycles. The molecule has 0 saturated heterocycles. The number of para-hydroxylation sites is 2. The predicted molar refractivity (Wildman–Crippen MR) is 112 cm³/mol. The number of nitrogens with zero attached hydrogens (tertiary/aromatic N) is 4. The lowest BCUT2D eigenvalue weighted by Gasteiger charge is -2.11. The summed E-state index contributed by atoms with van der Waals surface area (Å²) in [5.41, 5.74) is 3.08. The zero-order valence-corrected chi connectivity index (χ0v) is 16.8. The number of nitrogens with one attached hydrogen (secondary N) is 2. The van der Waals surface area contributed by atoms with Crippen LogP contribution in [0, 0.1) is 0 Å². The summed E-state index contributed by atoms with van der Waals surface area (Å²) in [6, 6.07) is 14.0. The fraction of sp³-hybridized carbons (Fsp3) is 0.278. The molecule has 0 spiro atoms. The number of fused-ring (bicyclic) bond motifs is 1. The van der Waals surface area contributed by atoms with Crippen LogP contribution in [0.25, 0.3) is 11.0 Å². The van der Waals surface area contributed by atoms with E-state index < -0.39 is 0 Å². The lowest BCUT2D eigenvalue weighted by molar-refractivity contribution is 0.737. The Morgan fingerprint density at radius 3 is 2.64 bits per heavy atom. The number of imidazole rings is 1. The van der Waals surface area contributed by atoms with E-state index in [1.54, 1.807) is 6.20 Å². The second kappa shape index (κ2) is 9.36. The highest BCUT2D eigenvalue weighted by atomic mass is 127. The van der Waals surface area contributed by atoms with Crippen LogP contribution >= 0.6 is 24.0 Å². The van der Waals surface area contributed by atoms with Gasteiger partial charge in [-0.25, -0.2) is 9.98 Å². The third kappa shape index (κ3) is 4.91. The summed E-state index contributed by atoms with van der Waals surface area (Å²) in [7, 11) is 2.03. The van der Waals surface area contributed by atoms with Gasteiger partial charge >= 0.3 is 0 Å². The van der Waals surface area contributed by atoms with Crippen molar-refractivity contribution in [3.63, 3.8) is 0 Å². The van der Waals surface area contributed by atoms with E-state index in [2.05, 4.69) is 36.2 Å². The van der Waals surface area contributed by atoms with Gasteiger partial charge in [0.1, 0.15) is 5.82 Å². The van der Waals surface area contributed by atoms with Gasteiger partial charge in [-0.1, -0.05) is 18.2 Å². The third-order valence-corrected chi connectivity index (χ3v) is 3.76. The van der Waals surface area contributed by atoms with Crippen LogP contribution in [-0.2, 0) is 20.1 Å². The number of halogens is 1. The lowest BCUT2D eigenvalue weighted by Crippen LogP contribution is -2.37. The first-order valence-corrected chi connectivity index (χ1v) is 8.10. The molecule has 25 heavy (non-hydrogen) atoms. The molecule has 0 aliphatic carbocycles. The molecular formula is C18H23IN6. The highest BCUT2D eigenvalue weighted by Crippen LogP contribution is 2.13. The van der Waals surface area contributed by atoms with Crippen molar-refractivity contribution < 1.29 is 0 Å². The molecule has 2 aromatic heterocycles. The smallest absolute Gasteiger partial charge is 0.192 e. The minimum Gasteiger partial charge on any atom is -0.357 e. The summed E-state index contributed by atoms with van der Waals surface area (Å²) in [6.45, 7) is 4.00. The maximum absolute atomic E-state index is 4.67. The van der Waals surface area contributed by atoms with Gasteiger partial charge in [0.05, 0.1) is 29.8 Å². The highest BCUT2D eigenvalue weighted by Gasteiger charge is 2.07. The van der Waals surface area contributed by atoms with E-state index in [-0.39, 0.29) is 24.0 Å². The molecule has 7 heteroatoms. The molecule has 0 bridgehead atoms. The van der Waals surface area contributed by atoms with Gasteiger partial charge in [-0.3, -0.25) is 4.98 Å². The number of aryl methyl sites for hydroxylation is 1. The summed E-state index contributed by atoms with van der Waals surface area (Å²) in [4.78, 5) is 13.5. The third-order valence-electron chi connectivity index (χ3n) is 3.76. The predicted octanol–water partition coefficient (Wildman–Crippen LogP) is 2.84. The van der Waals surface area contributed by atoms with E-state index >= 15 is 0 Å². The van der Waals surface area contributed by atoms with Crippen molar-refractivity contribution in [2.24, 2.45) is 12.0 Å². The number of hydrogen-bond acceptors (Lipinski definition) is 3. The molecule has 3 aromatic rings. The fourth-order valence-electron chi connectivity index (χ4n) is 2.51. The van der Waals surface area contributed by atoms with Crippen molar-refractivity contribution in [1.82, 2.24) is 25.2 Å². The van der Waals surface area contributed by atoms with Crippen LogP contribution in [0.4, 0.5) is 0 Å². The Balaban J connectivity index is 0.00000225. The molecule has 2 N–H and O–H groups in total. The number of hydrogen-bond donors (Lipinski definition) is 2. The maximum atomic E-state index is 4.67. The van der Waals surface area contributed by atoms with Gasteiger partial charge in [0, 0.05) is 19.8 Å². The van der Waals surface area contributed by atoms with Gasteiger partial charge < -0.3 is 15.2 Å². The summed E-state index contributed by atoms with van der Waals surface area (Å²) < 4.78 is 2.10. The quantitative estimate of drug-likeness (QED) is 0.357. The average Bonchev–Trinajstić information content (AvgIpc) is 2.95. The average molecular weight is 450 g/mol. The first-order valence-electron chi connectivity index (χ1n) is 8.10. The van der Waals surface area contributed by atoms with E-state index in [0.717, 1.165) is 35.1 Å². The number of rotatable bonds is 5. The lowest BCUT2D eigenvalue weighted by atomic mass is 10.3. The molecule has 1 aromatic carbocycles. The second-order valence-corrected chi connectivity index (χ2v) is 5.45. The van der Waals surface area contributed by atoms with Gasteiger partial charge in [-0.05, 0) is 31.2 Å². The number of guanidine groups is 1. The second-order valence-electron chi connectivity index (χ2n) is 5.45. The van der Waals surface area contributed by atoms with E-state index in [4.69, 9.17) is 0 Å². The van der Waals surface area contributed by atoms with Crippen LogP contribution in [0.1, 0.15) is 18.4 Å². The van der Waals surface area contributed by atoms with Crippen molar-refractivity contribution >= 4 is 41.0 Å². The molecule has 0 saturated carbocycles. The van der Waals surface area contributed by atoms with Gasteiger partial charge in [-0.2, -0.15) is 0 Å². The van der Waals surface area contributed by atoms with Crippen LogP contribution in [0.2, 0.25) is 0 Å². The Hall–Kier alpha value is -2.16. The zero-order chi connectivity index (χ0) is 16.8. The van der Waals surface area contributed by atoms with Crippen LogP contribution in [0.3, 0.4) is 0 Å². The highest BCUT2D eigenvalue weighted by molar-refractivity contribution is 14.0. The van der Waals surface area contributed by atoms with Gasteiger partial charge in [0.15, 0.2) is 5.96 Å². The molecule has 0 amide bonds. The Morgan fingerprint density at radius 2 is 1.92 bits per heavy atom. The molecular weight excluding hydrogens is 427 g/mol. The number of benzene rings is 1. The zero-order valence-electron chi connectivity index (χ0n) is 14.4. The molecule has 0 atom stereocenters. The molecule has 132 valence electrons. The molecule has 6 nitrogen and oxygen atoms in total. The Kier molecular flexibility index (Phi) is 7.17. The number of pyridine rings is 1. The van der Waals surface area contributed by atoms with E-state index in [9.17, 15) is 0 Å². The van der Waals surface area contributed by atoms with Crippen LogP contribution in [0.5, 0.6) is 0 Å². The number of aliphatic imine (C=N–C) groups is 1. The fourth-order valence-corrected chi connectivity index (χ4v) is 2.51. The van der Waals surface area contributed by atoms with Crippen LogP contribution in [-0.4, -0.2) is 27.0 Å². The SMILES string of the molecule is CCNC(=NCc1ccccn1)NCc1nc2ccccc2n1C.I. The molecule has 3 rings (SSSR count). The first-order chi connectivity index (χ1) is 11.8. The van der Waals surface area contributed by atoms with Crippen molar-refractivity contribution in [1.29, 1.82) is 0 Å². The van der Waals surface area contributed by atoms with Gasteiger partial charge in [0.25, 0.3) is 0 Å². The minimum atomic E-state index is 0. The van der Waals surface area contributed by atoms with Crippen LogP contribution in [0.15, 0.2) is 53.7 Å². The van der Waals surface area contributed by atoms with Crippen molar-refractivity contribution in [2.75, 3.05) is 6.54 Å². The van der Waals surface area contributed by atoms with Crippen molar-refractivity contribution in [3.8, 4) is 0 Å². The molecule has 2 heterocycles. The van der Waals surface area contributed by atoms with Gasteiger partial charge in [0.2, 0.25) is 0 Å². The summed E-state index contributed by atoms with van der Waals surface area (Å²) >= 11 is 0. The van der Waals surface area contributed by atoms with E-state index in [0.29, 0.717) is 13.1 Å². The standard InChI is InChI=1S/C18H22N6.HI/c1-3-19-18(21-12-14-8-6-7-11-20-14)22-13-17-23-15-9-4-5-10-16(15)24(17)2;/h4-11H,3,12-13H2,1-2H3,(H2,19,21,22);1H. The monoisotopic (exact) mass is 450 g/mol. The van der Waals surface area contributed by atoms with Gasteiger partial charge in [-0.15, -0.1) is 24.0 Å². The summed E-state index contributed by atoms with van der Waals surface area (Å²) in [5.74, 6) is 1.73. The molecule has 0 unspecified atom stereocenters. The largest absolute Gasteiger partial charge is 0.357 e. The topological polar surface area (TPSA) is 67.1 Å².